The van der Waals surface area contributed by atoms with Crippen molar-refractivity contribution in [1.82, 2.24) is 19.4 Å². The highest BCUT2D eigenvalue weighted by molar-refractivity contribution is 5.78. The Hall–Kier alpha value is -3.27. The minimum absolute atomic E-state index is 0.0235. The van der Waals surface area contributed by atoms with Gasteiger partial charge in [-0.25, -0.2) is 4.98 Å². The van der Waals surface area contributed by atoms with E-state index >= 15 is 0 Å². The third-order valence-corrected chi connectivity index (χ3v) is 7.70. The molecule has 1 amide bonds. The third kappa shape index (κ3) is 4.63. The van der Waals surface area contributed by atoms with Crippen molar-refractivity contribution in [1.29, 1.82) is 0 Å². The summed E-state index contributed by atoms with van der Waals surface area (Å²) in [4.78, 5) is 27.7. The van der Waals surface area contributed by atoms with Crippen LogP contribution in [0.1, 0.15) is 67.4 Å². The Balaban J connectivity index is 1.61. The van der Waals surface area contributed by atoms with Gasteiger partial charge in [0.1, 0.15) is 11.4 Å². The number of carbonyl (C=O) groups is 1. The predicted molar refractivity (Wildman–Crippen MR) is 131 cm³/mol. The normalized spacial score (nSPS) is 18.8. The maximum atomic E-state index is 13.5. The molecule has 0 saturated carbocycles. The molecule has 2 aromatic heterocycles. The molecule has 3 aromatic rings. The van der Waals surface area contributed by atoms with Crippen LogP contribution in [0.15, 0.2) is 35.5 Å². The molecule has 4 heterocycles. The van der Waals surface area contributed by atoms with Crippen molar-refractivity contribution in [2.24, 2.45) is 4.99 Å². The number of carbonyl (C=O) groups excluding carboxylic acids is 1. The lowest BCUT2D eigenvalue weighted by Crippen LogP contribution is -2.44. The first-order chi connectivity index (χ1) is 17.5. The number of piperidine rings is 1. The number of aromatic nitrogens is 3. The van der Waals surface area contributed by atoms with Crippen LogP contribution in [-0.4, -0.2) is 43.5 Å². The molecule has 196 valence electrons. The van der Waals surface area contributed by atoms with Gasteiger partial charge in [0.15, 0.2) is 5.49 Å². The summed E-state index contributed by atoms with van der Waals surface area (Å²) >= 11 is 0. The average Bonchev–Trinajstić information content (AvgIpc) is 3.32. The van der Waals surface area contributed by atoms with Crippen LogP contribution in [0.2, 0.25) is 0 Å². The molecule has 2 aliphatic heterocycles. The molecule has 1 atom stereocenters. The van der Waals surface area contributed by atoms with Crippen LogP contribution in [0.3, 0.4) is 0 Å². The van der Waals surface area contributed by atoms with Crippen LogP contribution in [0.5, 0.6) is 0 Å². The minimum Gasteiger partial charge on any atom is -0.383 e. The minimum atomic E-state index is -4.44. The largest absolute Gasteiger partial charge is 0.416 e. The Morgan fingerprint density at radius 2 is 1.95 bits per heavy atom. The van der Waals surface area contributed by atoms with Gasteiger partial charge in [-0.05, 0) is 56.4 Å². The second-order valence-electron chi connectivity index (χ2n) is 10.1. The maximum absolute atomic E-state index is 13.5. The van der Waals surface area contributed by atoms with Gasteiger partial charge in [0.05, 0.1) is 29.0 Å². The van der Waals surface area contributed by atoms with Crippen molar-refractivity contribution in [3.8, 4) is 0 Å². The van der Waals surface area contributed by atoms with Crippen LogP contribution in [0.25, 0.3) is 10.9 Å². The van der Waals surface area contributed by atoms with Crippen LogP contribution in [-0.2, 0) is 29.5 Å². The highest BCUT2D eigenvalue weighted by Crippen LogP contribution is 2.36. The molecule has 10 heteroatoms. The van der Waals surface area contributed by atoms with Gasteiger partial charge in [-0.3, -0.25) is 14.8 Å². The first-order valence-corrected chi connectivity index (χ1v) is 12.6. The van der Waals surface area contributed by atoms with E-state index in [1.807, 2.05) is 6.07 Å². The van der Waals surface area contributed by atoms with E-state index in [2.05, 4.69) is 9.55 Å². The molecule has 0 aliphatic carbocycles. The van der Waals surface area contributed by atoms with Crippen molar-refractivity contribution in [2.75, 3.05) is 13.1 Å². The number of halogens is 3. The zero-order chi connectivity index (χ0) is 26.5. The van der Waals surface area contributed by atoms with E-state index in [0.717, 1.165) is 36.8 Å². The van der Waals surface area contributed by atoms with Crippen molar-refractivity contribution in [3.63, 3.8) is 0 Å². The summed E-state index contributed by atoms with van der Waals surface area (Å²) in [6, 6.07) is 5.40. The van der Waals surface area contributed by atoms with Crippen molar-refractivity contribution in [2.45, 2.75) is 70.8 Å². The number of pyridine rings is 1. The second-order valence-corrected chi connectivity index (χ2v) is 10.1. The van der Waals surface area contributed by atoms with Crippen LogP contribution in [0, 0.1) is 6.92 Å². The van der Waals surface area contributed by atoms with Gasteiger partial charge in [0.25, 0.3) is 0 Å². The molecule has 1 aromatic carbocycles. The molecule has 1 saturated heterocycles. The molecule has 37 heavy (non-hydrogen) atoms. The summed E-state index contributed by atoms with van der Waals surface area (Å²) in [6.07, 6.45) is -0.271. The van der Waals surface area contributed by atoms with Gasteiger partial charge in [0.2, 0.25) is 5.91 Å². The van der Waals surface area contributed by atoms with E-state index in [1.54, 1.807) is 24.1 Å². The standard InChI is InChI=1S/C27H30F3N5O2/c1-16-19(6-4-7-21(16)27(28,29)30)17(2)32-25-20-14-23(26(37)9-12-34(13-10-26)18(3)36)31-15-22(20)35-11-5-8-24(35)33-25/h4,6-7,14-15,17,37H,5,8-13H2,1-3H3/t17-/m1/s1. The van der Waals surface area contributed by atoms with E-state index in [-0.39, 0.29) is 11.5 Å². The molecule has 0 spiro atoms. The number of fused-ring (bicyclic) bond motifs is 3. The fraction of sp³-hybridized carbons (Fsp3) is 0.481. The molecule has 7 nitrogen and oxygen atoms in total. The van der Waals surface area contributed by atoms with Crippen molar-refractivity contribution < 1.29 is 23.1 Å². The number of hydrogen-bond donors (Lipinski definition) is 1. The second kappa shape index (κ2) is 9.24. The first-order valence-electron chi connectivity index (χ1n) is 12.6. The zero-order valence-electron chi connectivity index (χ0n) is 21.1. The van der Waals surface area contributed by atoms with Gasteiger partial charge in [-0.1, -0.05) is 12.1 Å². The lowest BCUT2D eigenvalue weighted by Gasteiger charge is -2.37. The Labute approximate surface area is 212 Å². The van der Waals surface area contributed by atoms with Gasteiger partial charge in [-0.15, -0.1) is 0 Å². The number of amides is 1. The number of benzene rings is 1. The highest BCUT2D eigenvalue weighted by Gasteiger charge is 2.37. The Bertz CT molecular complexity index is 1440. The summed E-state index contributed by atoms with van der Waals surface area (Å²) < 4.78 is 42.6. The number of rotatable bonds is 3. The van der Waals surface area contributed by atoms with E-state index in [0.29, 0.717) is 48.1 Å². The molecule has 2 aliphatic rings. The summed E-state index contributed by atoms with van der Waals surface area (Å²) in [5.74, 6) is 0.840. The van der Waals surface area contributed by atoms with Crippen molar-refractivity contribution in [3.05, 3.63) is 64.2 Å². The Morgan fingerprint density at radius 3 is 2.62 bits per heavy atom. The number of alkyl halides is 3. The number of nitrogens with zero attached hydrogens (tertiary/aromatic N) is 5. The monoisotopic (exact) mass is 513 g/mol. The first kappa shape index (κ1) is 25.4. The maximum Gasteiger partial charge on any atom is 0.416 e. The SMILES string of the molecule is CC(=O)N1CCC(O)(c2cc3c(=N[C@H](C)c4cccc(C(F)(F)F)c4C)nc4n(c3cn2)CCC4)CC1. The van der Waals surface area contributed by atoms with E-state index < -0.39 is 23.4 Å². The Kier molecular flexibility index (Phi) is 6.34. The average molecular weight is 514 g/mol. The molecule has 0 bridgehead atoms. The van der Waals surface area contributed by atoms with E-state index in [4.69, 9.17) is 9.98 Å². The lowest BCUT2D eigenvalue weighted by molar-refractivity contribution is -0.138. The summed E-state index contributed by atoms with van der Waals surface area (Å²) in [6.45, 7) is 6.42. The molecule has 0 radical (unpaired) electrons. The lowest BCUT2D eigenvalue weighted by atomic mass is 9.87. The summed E-state index contributed by atoms with van der Waals surface area (Å²) in [7, 11) is 0. The molecule has 1 N–H and O–H groups in total. The molecule has 0 unspecified atom stereocenters. The van der Waals surface area contributed by atoms with Crippen LogP contribution >= 0.6 is 0 Å². The van der Waals surface area contributed by atoms with Gasteiger partial charge < -0.3 is 14.6 Å². The third-order valence-electron chi connectivity index (χ3n) is 7.70. The van der Waals surface area contributed by atoms with Crippen LogP contribution in [0.4, 0.5) is 13.2 Å². The number of aryl methyl sites for hydroxylation is 2. The zero-order valence-corrected chi connectivity index (χ0v) is 21.1. The molecule has 5 rings (SSSR count). The predicted octanol–water partition coefficient (Wildman–Crippen LogP) is 4.20. The molecular weight excluding hydrogens is 483 g/mol. The summed E-state index contributed by atoms with van der Waals surface area (Å²) in [5, 5.41) is 12.1. The molecule has 1 fully saturated rings. The fourth-order valence-electron chi connectivity index (χ4n) is 5.53. The number of aliphatic hydroxyl groups is 1. The van der Waals surface area contributed by atoms with Gasteiger partial charge >= 0.3 is 6.18 Å². The van der Waals surface area contributed by atoms with Gasteiger partial charge in [0, 0.05) is 38.4 Å². The summed E-state index contributed by atoms with van der Waals surface area (Å²) in [5.41, 5.74) is 0.540. The Morgan fingerprint density at radius 1 is 1.22 bits per heavy atom. The fourth-order valence-corrected chi connectivity index (χ4v) is 5.53. The smallest absolute Gasteiger partial charge is 0.383 e. The van der Waals surface area contributed by atoms with Crippen molar-refractivity contribution >= 4 is 16.8 Å². The van der Waals surface area contributed by atoms with Crippen LogP contribution < -0.4 is 5.49 Å². The quantitative estimate of drug-likeness (QED) is 0.569. The van der Waals surface area contributed by atoms with E-state index in [1.165, 1.54) is 19.9 Å². The number of hydrogen-bond acceptors (Lipinski definition) is 5. The highest BCUT2D eigenvalue weighted by atomic mass is 19.4. The number of likely N-dealkylation sites (tertiary alicyclic amines) is 1. The molecular formula is C27H30F3N5O2. The topological polar surface area (TPSA) is 83.6 Å². The van der Waals surface area contributed by atoms with E-state index in [9.17, 15) is 23.1 Å². The van der Waals surface area contributed by atoms with Gasteiger partial charge in [-0.2, -0.15) is 13.2 Å².